The third-order valence-corrected chi connectivity index (χ3v) is 7.89. The van der Waals surface area contributed by atoms with E-state index in [4.69, 9.17) is 4.74 Å². The van der Waals surface area contributed by atoms with Gasteiger partial charge in [0.15, 0.2) is 0 Å². The number of H-pyrrole nitrogens is 1. The summed E-state index contributed by atoms with van der Waals surface area (Å²) in [6, 6.07) is 6.29. The number of carbonyl (C=O) groups excluding carboxylic acids is 1. The Balaban J connectivity index is 1.47. The highest BCUT2D eigenvalue weighted by atomic mass is 16.5. The third kappa shape index (κ3) is 5.68. The highest BCUT2D eigenvalue weighted by Crippen LogP contribution is 2.30. The Kier molecular flexibility index (Phi) is 7.97. The lowest BCUT2D eigenvalue weighted by molar-refractivity contribution is 0.0846. The van der Waals surface area contributed by atoms with Crippen molar-refractivity contribution in [3.8, 4) is 11.1 Å². The lowest BCUT2D eigenvalue weighted by Crippen LogP contribution is -2.39. The van der Waals surface area contributed by atoms with Crippen molar-refractivity contribution < 1.29 is 9.53 Å². The predicted octanol–water partition coefficient (Wildman–Crippen LogP) is 3.63. The number of aromatic amines is 1. The monoisotopic (exact) mass is 530 g/mol. The highest BCUT2D eigenvalue weighted by molar-refractivity contribution is 5.96. The molecular formula is C30H38N6O3. The normalized spacial score (nSPS) is 15.2. The van der Waals surface area contributed by atoms with Crippen molar-refractivity contribution in [1.82, 2.24) is 20.3 Å². The standard InChI is InChI=1S/C30H38N6O3/c1-5-36(23-9-11-39-12-10-23)24-14-20(22-16-32-30(33-17-22)35(3)4)13-21(15-24)28(37)31-18-27-26-8-6-7-25(26)19(2)34-29(27)38/h13-17,23H,5-12,18H2,1-4H3,(H,31,37)(H,34,38). The fourth-order valence-electron chi connectivity index (χ4n) is 5.83. The van der Waals surface area contributed by atoms with E-state index in [0.717, 1.165) is 79.9 Å². The largest absolute Gasteiger partial charge is 0.381 e. The van der Waals surface area contributed by atoms with E-state index in [1.165, 1.54) is 5.56 Å². The lowest BCUT2D eigenvalue weighted by Gasteiger charge is -2.35. The number of fused-ring (bicyclic) bond motifs is 1. The zero-order valence-corrected chi connectivity index (χ0v) is 23.3. The summed E-state index contributed by atoms with van der Waals surface area (Å²) < 4.78 is 5.60. The number of nitrogens with zero attached hydrogens (tertiary/aromatic N) is 4. The molecule has 9 heteroatoms. The Morgan fingerprint density at radius 2 is 1.79 bits per heavy atom. The Bertz CT molecular complexity index is 1390. The molecule has 5 rings (SSSR count). The summed E-state index contributed by atoms with van der Waals surface area (Å²) in [7, 11) is 3.80. The van der Waals surface area contributed by atoms with Gasteiger partial charge in [-0.05, 0) is 80.8 Å². The highest BCUT2D eigenvalue weighted by Gasteiger charge is 2.24. The van der Waals surface area contributed by atoms with Gasteiger partial charge in [0, 0.05) is 86.9 Å². The average Bonchev–Trinajstić information content (AvgIpc) is 3.44. The summed E-state index contributed by atoms with van der Waals surface area (Å²) in [6.45, 7) is 6.59. The molecule has 39 heavy (non-hydrogen) atoms. The fraction of sp³-hybridized carbons (Fsp3) is 0.467. The molecule has 2 aromatic heterocycles. The fourth-order valence-corrected chi connectivity index (χ4v) is 5.83. The van der Waals surface area contributed by atoms with Gasteiger partial charge in [-0.25, -0.2) is 9.97 Å². The molecule has 0 atom stereocenters. The number of hydrogen-bond acceptors (Lipinski definition) is 7. The summed E-state index contributed by atoms with van der Waals surface area (Å²) in [4.78, 5) is 42.5. The smallest absolute Gasteiger partial charge is 0.253 e. The molecule has 2 aliphatic rings. The number of nitrogens with one attached hydrogen (secondary N) is 2. The Morgan fingerprint density at radius 3 is 2.49 bits per heavy atom. The van der Waals surface area contributed by atoms with Gasteiger partial charge in [-0.15, -0.1) is 0 Å². The van der Waals surface area contributed by atoms with Gasteiger partial charge in [0.1, 0.15) is 0 Å². The minimum Gasteiger partial charge on any atom is -0.381 e. The maximum absolute atomic E-state index is 13.6. The molecule has 0 radical (unpaired) electrons. The van der Waals surface area contributed by atoms with E-state index < -0.39 is 0 Å². The van der Waals surface area contributed by atoms with Crippen LogP contribution in [0.1, 0.15) is 58.9 Å². The van der Waals surface area contributed by atoms with Gasteiger partial charge in [0.05, 0.1) is 0 Å². The summed E-state index contributed by atoms with van der Waals surface area (Å²) in [5.41, 5.74) is 7.06. The number of benzene rings is 1. The van der Waals surface area contributed by atoms with E-state index in [-0.39, 0.29) is 18.0 Å². The summed E-state index contributed by atoms with van der Waals surface area (Å²) >= 11 is 0. The molecule has 1 fully saturated rings. The minimum atomic E-state index is -0.210. The molecule has 0 bridgehead atoms. The number of aromatic nitrogens is 3. The topological polar surface area (TPSA) is 103 Å². The molecule has 1 saturated heterocycles. The molecule has 206 valence electrons. The summed E-state index contributed by atoms with van der Waals surface area (Å²) in [6.07, 6.45) is 8.37. The van der Waals surface area contributed by atoms with Gasteiger partial charge >= 0.3 is 0 Å². The van der Waals surface area contributed by atoms with Crippen LogP contribution in [0.5, 0.6) is 0 Å². The first kappa shape index (κ1) is 26.9. The van der Waals surface area contributed by atoms with Crippen LogP contribution in [-0.2, 0) is 24.1 Å². The van der Waals surface area contributed by atoms with Gasteiger partial charge in [-0.2, -0.15) is 0 Å². The summed E-state index contributed by atoms with van der Waals surface area (Å²) in [5.74, 6) is 0.416. The SMILES string of the molecule is CCN(c1cc(C(=O)NCc2c3c(c(C)[nH]c2=O)CCC3)cc(-c2cnc(N(C)C)nc2)c1)C1CCOCC1. The van der Waals surface area contributed by atoms with Crippen LogP contribution in [0.15, 0.2) is 35.4 Å². The van der Waals surface area contributed by atoms with Crippen LogP contribution in [0, 0.1) is 6.92 Å². The Labute approximate surface area is 229 Å². The van der Waals surface area contributed by atoms with Gasteiger partial charge in [-0.1, -0.05) is 0 Å². The number of amides is 1. The van der Waals surface area contributed by atoms with Crippen LogP contribution in [0.2, 0.25) is 0 Å². The second-order valence-electron chi connectivity index (χ2n) is 10.6. The number of carbonyl (C=O) groups is 1. The molecule has 0 saturated carbocycles. The van der Waals surface area contributed by atoms with Gasteiger partial charge in [-0.3, -0.25) is 9.59 Å². The second kappa shape index (κ2) is 11.6. The number of aryl methyl sites for hydroxylation is 1. The molecule has 3 heterocycles. The molecule has 1 aliphatic carbocycles. The summed E-state index contributed by atoms with van der Waals surface area (Å²) in [5, 5.41) is 3.04. The van der Waals surface area contributed by atoms with Crippen LogP contribution in [0.4, 0.5) is 11.6 Å². The van der Waals surface area contributed by atoms with Crippen molar-refractivity contribution >= 4 is 17.5 Å². The van der Waals surface area contributed by atoms with Crippen LogP contribution in [-0.4, -0.2) is 60.8 Å². The van der Waals surface area contributed by atoms with Crippen molar-refractivity contribution in [2.75, 3.05) is 43.7 Å². The number of rotatable bonds is 8. The van der Waals surface area contributed by atoms with Crippen molar-refractivity contribution in [3.05, 3.63) is 68.9 Å². The van der Waals surface area contributed by atoms with Gasteiger partial charge in [0.25, 0.3) is 11.5 Å². The molecule has 9 nitrogen and oxygen atoms in total. The number of ether oxygens (including phenoxy) is 1. The van der Waals surface area contributed by atoms with E-state index in [1.807, 2.05) is 38.1 Å². The van der Waals surface area contributed by atoms with Crippen molar-refractivity contribution in [2.45, 2.75) is 58.5 Å². The van der Waals surface area contributed by atoms with Crippen molar-refractivity contribution in [3.63, 3.8) is 0 Å². The Hall–Kier alpha value is -3.72. The van der Waals surface area contributed by atoms with Crippen molar-refractivity contribution in [1.29, 1.82) is 0 Å². The molecule has 1 aromatic carbocycles. The zero-order chi connectivity index (χ0) is 27.5. The van der Waals surface area contributed by atoms with Crippen LogP contribution in [0.3, 0.4) is 0 Å². The van der Waals surface area contributed by atoms with E-state index in [2.05, 4.69) is 38.2 Å². The maximum Gasteiger partial charge on any atom is 0.253 e. The number of pyridine rings is 1. The molecule has 0 spiro atoms. The molecular weight excluding hydrogens is 492 g/mol. The molecule has 3 aromatic rings. The second-order valence-corrected chi connectivity index (χ2v) is 10.6. The molecule has 0 unspecified atom stereocenters. The first-order valence-electron chi connectivity index (χ1n) is 13.9. The first-order valence-corrected chi connectivity index (χ1v) is 13.9. The van der Waals surface area contributed by atoms with Crippen LogP contribution < -0.4 is 20.7 Å². The van der Waals surface area contributed by atoms with Crippen molar-refractivity contribution in [2.24, 2.45) is 0 Å². The van der Waals surface area contributed by atoms with E-state index in [1.54, 1.807) is 12.4 Å². The van der Waals surface area contributed by atoms with E-state index >= 15 is 0 Å². The molecule has 1 amide bonds. The lowest BCUT2D eigenvalue weighted by atomic mass is 10.0. The zero-order valence-electron chi connectivity index (χ0n) is 23.3. The quantitative estimate of drug-likeness (QED) is 0.458. The molecule has 1 aliphatic heterocycles. The number of anilines is 2. The maximum atomic E-state index is 13.6. The average molecular weight is 531 g/mol. The van der Waals surface area contributed by atoms with E-state index in [9.17, 15) is 9.59 Å². The number of hydrogen-bond donors (Lipinski definition) is 2. The Morgan fingerprint density at radius 1 is 1.08 bits per heavy atom. The van der Waals surface area contributed by atoms with Crippen LogP contribution in [0.25, 0.3) is 11.1 Å². The first-order chi connectivity index (χ1) is 18.9. The predicted molar refractivity (Wildman–Crippen MR) is 154 cm³/mol. The third-order valence-electron chi connectivity index (χ3n) is 7.89. The van der Waals surface area contributed by atoms with Gasteiger partial charge < -0.3 is 24.8 Å². The van der Waals surface area contributed by atoms with E-state index in [0.29, 0.717) is 23.1 Å². The van der Waals surface area contributed by atoms with Gasteiger partial charge in [0.2, 0.25) is 5.95 Å². The minimum absolute atomic E-state index is 0.113. The molecule has 2 N–H and O–H groups in total. The van der Waals surface area contributed by atoms with Crippen LogP contribution >= 0.6 is 0 Å².